The van der Waals surface area contributed by atoms with Crippen LogP contribution in [0.5, 0.6) is 0 Å². The normalized spacial score (nSPS) is 18.2. The summed E-state index contributed by atoms with van der Waals surface area (Å²) in [6.45, 7) is 15.9. The lowest BCUT2D eigenvalue weighted by Gasteiger charge is -2.35. The maximum absolute atomic E-state index is 14.1. The highest BCUT2D eigenvalue weighted by molar-refractivity contribution is 7.10. The van der Waals surface area contributed by atoms with Crippen molar-refractivity contribution >= 4 is 40.2 Å². The van der Waals surface area contributed by atoms with Crippen molar-refractivity contribution in [3.05, 3.63) is 58.2 Å². The van der Waals surface area contributed by atoms with Gasteiger partial charge >= 0.3 is 12.1 Å². The van der Waals surface area contributed by atoms with Crippen molar-refractivity contribution < 1.29 is 43.5 Å². The van der Waals surface area contributed by atoms with E-state index in [4.69, 9.17) is 28.9 Å². The molecule has 5 heterocycles. The molecule has 2 saturated heterocycles. The molecule has 0 bridgehead atoms. The molecule has 0 aliphatic carbocycles. The van der Waals surface area contributed by atoms with Crippen LogP contribution in [-0.4, -0.2) is 112 Å². The Hall–Kier alpha value is -4.45. The third kappa shape index (κ3) is 11.1. The fourth-order valence-electron chi connectivity index (χ4n) is 7.94. The molecule has 2 amide bonds. The summed E-state index contributed by atoms with van der Waals surface area (Å²) >= 11 is 1.38. The van der Waals surface area contributed by atoms with E-state index in [1.54, 1.807) is 34.1 Å². The number of aromatic nitrogens is 3. The predicted molar refractivity (Wildman–Crippen MR) is 233 cm³/mol. The number of carboxylic acid groups (broad SMARTS) is 1. The topological polar surface area (TPSA) is 187 Å². The summed E-state index contributed by atoms with van der Waals surface area (Å²) in [5.74, 6) is -2.14. The van der Waals surface area contributed by atoms with Gasteiger partial charge in [0.05, 0.1) is 40.9 Å². The van der Waals surface area contributed by atoms with Gasteiger partial charge in [-0.15, -0.1) is 11.3 Å². The van der Waals surface area contributed by atoms with Gasteiger partial charge in [0.1, 0.15) is 17.7 Å². The first-order valence-electron chi connectivity index (χ1n) is 21.2. The molecule has 16 heteroatoms. The van der Waals surface area contributed by atoms with Crippen LogP contribution in [0.25, 0.3) is 33.4 Å². The molecule has 3 aromatic heterocycles. The van der Waals surface area contributed by atoms with Gasteiger partial charge in [0.2, 0.25) is 0 Å². The Morgan fingerprint density at radius 1 is 1.10 bits per heavy atom. The van der Waals surface area contributed by atoms with E-state index in [2.05, 4.69) is 47.4 Å². The maximum atomic E-state index is 14.1. The van der Waals surface area contributed by atoms with Crippen LogP contribution in [0.3, 0.4) is 0 Å². The minimum Gasteiger partial charge on any atom is -0.480 e. The number of pyridine rings is 1. The van der Waals surface area contributed by atoms with Gasteiger partial charge in [-0.3, -0.25) is 19.6 Å². The van der Waals surface area contributed by atoms with Crippen molar-refractivity contribution in [2.75, 3.05) is 40.1 Å². The third-order valence-corrected chi connectivity index (χ3v) is 12.4. The van der Waals surface area contributed by atoms with E-state index < -0.39 is 47.0 Å². The van der Waals surface area contributed by atoms with Crippen molar-refractivity contribution in [3.8, 4) is 22.5 Å². The zero-order chi connectivity index (χ0) is 44.1. The number of nitrogens with one attached hydrogen (secondary N) is 2. The number of aliphatic hydroxyl groups is 1. The molecule has 15 nitrogen and oxygen atoms in total. The first-order chi connectivity index (χ1) is 29.0. The summed E-state index contributed by atoms with van der Waals surface area (Å²) in [6.07, 6.45) is 4.02. The molecule has 4 N–H and O–H groups in total. The Labute approximate surface area is 362 Å². The van der Waals surface area contributed by atoms with Crippen LogP contribution in [0.2, 0.25) is 0 Å². The molecule has 2 fully saturated rings. The van der Waals surface area contributed by atoms with Crippen LogP contribution in [0.1, 0.15) is 102 Å². The highest BCUT2D eigenvalue weighted by atomic mass is 32.1. The summed E-state index contributed by atoms with van der Waals surface area (Å²) in [5.41, 5.74) is 7.92. The predicted octanol–water partition coefficient (Wildman–Crippen LogP) is 6.87. The van der Waals surface area contributed by atoms with Crippen LogP contribution >= 0.6 is 11.3 Å². The summed E-state index contributed by atoms with van der Waals surface area (Å²) in [6, 6.07) is 8.28. The lowest BCUT2D eigenvalue weighted by Crippen LogP contribution is -2.60. The molecule has 0 radical (unpaired) electrons. The van der Waals surface area contributed by atoms with Crippen molar-refractivity contribution in [3.63, 3.8) is 0 Å². The average molecular weight is 863 g/mol. The first-order valence-corrected chi connectivity index (χ1v) is 22.1. The number of carbonyl (C=O) groups excluding carboxylic acids is 2. The number of ether oxygens (including phenoxy) is 4. The van der Waals surface area contributed by atoms with E-state index >= 15 is 0 Å². The SMILES string of the molecule is COC(C)c1ncccc1-c1c(CC(C)(C)CO)c2cc(-c3csc(C(C)C(NC(=O)OC(C)(C)C)C(=O)N4CCC[C@@H](C(=O)O)N4)n3)ccc2n1CCOC1CCOCC1. The molecule has 0 saturated carbocycles. The van der Waals surface area contributed by atoms with E-state index in [1.165, 1.54) is 16.3 Å². The summed E-state index contributed by atoms with van der Waals surface area (Å²) < 4.78 is 25.7. The smallest absolute Gasteiger partial charge is 0.408 e. The van der Waals surface area contributed by atoms with Gasteiger partial charge < -0.3 is 39.0 Å². The van der Waals surface area contributed by atoms with Crippen molar-refractivity contribution in [1.82, 2.24) is 30.3 Å². The number of aliphatic carboxylic acids is 1. The van der Waals surface area contributed by atoms with Gasteiger partial charge in [-0.1, -0.05) is 26.8 Å². The molecule has 2 aliphatic rings. The standard InChI is InChI=1S/C45H62N6O9S/c1-27(37(48-43(56)60-44(3,4)5)41(53)51-18-10-12-34(49-51)42(54)55)40-47-35(25-61-40)29-13-14-36-32(23-29)33(24-45(6,7)26-52)39(31-11-9-17-46-38(31)28(2)57-8)50(36)19-22-59-30-15-20-58-21-16-30/h9,11,13-14,17,23,25,27-28,30,34,37,49,52H,10,12,15-16,18-22,24,26H2,1-8H3,(H,48,56)(H,54,55)/t27?,28?,34-,37?/m0/s1. The average Bonchev–Trinajstić information content (AvgIpc) is 3.85. The highest BCUT2D eigenvalue weighted by Crippen LogP contribution is 2.42. The molecule has 4 atom stereocenters. The zero-order valence-corrected chi connectivity index (χ0v) is 37.5. The van der Waals surface area contributed by atoms with Gasteiger partial charge in [-0.05, 0) is 95.0 Å². The Kier molecular flexibility index (Phi) is 14.9. The summed E-state index contributed by atoms with van der Waals surface area (Å²) in [5, 5.41) is 27.9. The lowest BCUT2D eigenvalue weighted by atomic mass is 9.84. The molecule has 2 aliphatic heterocycles. The van der Waals surface area contributed by atoms with E-state index in [0.29, 0.717) is 56.3 Å². The third-order valence-electron chi connectivity index (χ3n) is 11.3. The van der Waals surface area contributed by atoms with E-state index in [9.17, 15) is 24.6 Å². The fraction of sp³-hybridized carbons (Fsp3) is 0.578. The van der Waals surface area contributed by atoms with Crippen LogP contribution in [0.4, 0.5) is 4.79 Å². The van der Waals surface area contributed by atoms with Gasteiger partial charge in [0, 0.05) is 79.5 Å². The van der Waals surface area contributed by atoms with Crippen LogP contribution in [-0.2, 0) is 41.5 Å². The zero-order valence-electron chi connectivity index (χ0n) is 36.7. The number of benzene rings is 1. The molecule has 1 aromatic carbocycles. The number of rotatable bonds is 16. The fourth-order valence-corrected chi connectivity index (χ4v) is 8.86. The second-order valence-corrected chi connectivity index (χ2v) is 18.7. The maximum Gasteiger partial charge on any atom is 0.408 e. The Morgan fingerprint density at radius 3 is 2.54 bits per heavy atom. The Bertz CT molecular complexity index is 2160. The number of hydrogen-bond donors (Lipinski definition) is 4. The molecule has 0 spiro atoms. The Morgan fingerprint density at radius 2 is 1.85 bits per heavy atom. The van der Waals surface area contributed by atoms with Gasteiger partial charge in [0.15, 0.2) is 0 Å². The molecular formula is C45H62N6O9S. The number of methoxy groups -OCH3 is 1. The van der Waals surface area contributed by atoms with Gasteiger partial charge in [-0.2, -0.15) is 0 Å². The number of fused-ring (bicyclic) bond motifs is 1. The number of aliphatic hydroxyl groups excluding tert-OH is 1. The Balaban J connectivity index is 1.41. The summed E-state index contributed by atoms with van der Waals surface area (Å²) in [7, 11) is 1.68. The second kappa shape index (κ2) is 19.7. The second-order valence-electron chi connectivity index (χ2n) is 17.8. The number of amides is 2. The first kappa shape index (κ1) is 46.1. The summed E-state index contributed by atoms with van der Waals surface area (Å²) in [4.78, 5) is 48.9. The molecule has 6 rings (SSSR count). The number of carboxylic acids is 1. The van der Waals surface area contributed by atoms with Crippen LogP contribution in [0.15, 0.2) is 41.9 Å². The molecule has 4 aromatic rings. The van der Waals surface area contributed by atoms with Crippen LogP contribution < -0.4 is 10.7 Å². The molecule has 3 unspecified atom stereocenters. The van der Waals surface area contributed by atoms with Gasteiger partial charge in [0.25, 0.3) is 5.91 Å². The van der Waals surface area contributed by atoms with E-state index in [-0.39, 0.29) is 25.4 Å². The number of alkyl carbamates (subject to hydrolysis) is 1. The number of nitrogens with zero attached hydrogens (tertiary/aromatic N) is 4. The molecule has 332 valence electrons. The molecular weight excluding hydrogens is 801 g/mol. The largest absolute Gasteiger partial charge is 0.480 e. The number of thiazole rings is 1. The van der Waals surface area contributed by atoms with Crippen LogP contribution in [0, 0.1) is 5.41 Å². The van der Waals surface area contributed by atoms with Gasteiger partial charge in [-0.25, -0.2) is 15.2 Å². The number of hydrazine groups is 1. The molecule has 61 heavy (non-hydrogen) atoms. The van der Waals surface area contributed by atoms with Crippen molar-refractivity contribution in [1.29, 1.82) is 0 Å². The lowest BCUT2D eigenvalue weighted by molar-refractivity contribution is -0.148. The quantitative estimate of drug-likeness (QED) is 0.0918. The minimum absolute atomic E-state index is 0.0193. The monoisotopic (exact) mass is 862 g/mol. The van der Waals surface area contributed by atoms with Crippen molar-refractivity contribution in [2.24, 2.45) is 5.41 Å². The minimum atomic E-state index is -1.10. The van der Waals surface area contributed by atoms with E-state index in [0.717, 1.165) is 51.8 Å². The van der Waals surface area contributed by atoms with E-state index in [1.807, 2.05) is 31.4 Å². The number of hydrogen-bond acceptors (Lipinski definition) is 12. The van der Waals surface area contributed by atoms with Crippen molar-refractivity contribution in [2.45, 2.75) is 123 Å². The number of carbonyl (C=O) groups is 3. The highest BCUT2D eigenvalue weighted by Gasteiger charge is 2.38.